The highest BCUT2D eigenvalue weighted by atomic mass is 32.2. The Bertz CT molecular complexity index is 691. The van der Waals surface area contributed by atoms with Crippen molar-refractivity contribution in [2.24, 2.45) is 0 Å². The molecule has 0 radical (unpaired) electrons. The molecular formula is C22H31NO3S. The summed E-state index contributed by atoms with van der Waals surface area (Å²) >= 11 is 0. The monoisotopic (exact) mass is 389 g/mol. The van der Waals surface area contributed by atoms with Gasteiger partial charge in [-0.15, -0.1) is 0 Å². The topological polar surface area (TPSA) is 46.6 Å². The minimum atomic E-state index is -3.43. The van der Waals surface area contributed by atoms with Crippen molar-refractivity contribution in [1.29, 1.82) is 0 Å². The molecule has 0 spiro atoms. The summed E-state index contributed by atoms with van der Waals surface area (Å²) in [4.78, 5) is 2.22. The van der Waals surface area contributed by atoms with Gasteiger partial charge in [-0.3, -0.25) is 9.08 Å². The molecule has 0 atom stereocenters. The fourth-order valence-electron chi connectivity index (χ4n) is 2.96. The van der Waals surface area contributed by atoms with Crippen molar-refractivity contribution in [3.63, 3.8) is 0 Å². The van der Waals surface area contributed by atoms with E-state index in [1.165, 1.54) is 11.1 Å². The molecule has 0 unspecified atom stereocenters. The van der Waals surface area contributed by atoms with Crippen molar-refractivity contribution >= 4 is 10.1 Å². The van der Waals surface area contributed by atoms with E-state index in [1.807, 2.05) is 36.4 Å². The predicted octanol–water partition coefficient (Wildman–Crippen LogP) is 4.62. The maximum atomic E-state index is 12.1. The SMILES string of the molecule is CCCCCCS(=O)(=O)OCCN(Cc1ccccc1)Cc1ccccc1. The molecule has 0 heterocycles. The third kappa shape index (κ3) is 9.18. The minimum Gasteiger partial charge on any atom is -0.292 e. The number of nitrogens with zero attached hydrogens (tertiary/aromatic N) is 1. The summed E-state index contributed by atoms with van der Waals surface area (Å²) in [6, 6.07) is 20.4. The smallest absolute Gasteiger partial charge is 0.267 e. The lowest BCUT2D eigenvalue weighted by molar-refractivity contribution is 0.199. The quantitative estimate of drug-likeness (QED) is 0.371. The first-order valence-electron chi connectivity index (χ1n) is 9.76. The fraction of sp³-hybridized carbons (Fsp3) is 0.455. The summed E-state index contributed by atoms with van der Waals surface area (Å²) < 4.78 is 29.3. The van der Waals surface area contributed by atoms with E-state index in [-0.39, 0.29) is 12.4 Å². The van der Waals surface area contributed by atoms with E-state index in [2.05, 4.69) is 36.1 Å². The van der Waals surface area contributed by atoms with Gasteiger partial charge in [0.1, 0.15) is 0 Å². The largest absolute Gasteiger partial charge is 0.292 e. The summed E-state index contributed by atoms with van der Waals surface area (Å²) in [6.45, 7) is 4.39. The van der Waals surface area contributed by atoms with Gasteiger partial charge in [-0.05, 0) is 17.5 Å². The van der Waals surface area contributed by atoms with Crippen LogP contribution in [0.4, 0.5) is 0 Å². The highest BCUT2D eigenvalue weighted by Gasteiger charge is 2.13. The molecule has 0 amide bonds. The molecule has 0 aromatic heterocycles. The van der Waals surface area contributed by atoms with Gasteiger partial charge in [0.05, 0.1) is 12.4 Å². The summed E-state index contributed by atoms with van der Waals surface area (Å²) in [6.07, 6.45) is 3.77. The first-order chi connectivity index (χ1) is 13.1. The van der Waals surface area contributed by atoms with Crippen molar-refractivity contribution in [2.45, 2.75) is 45.7 Å². The molecule has 0 fully saturated rings. The first kappa shape index (κ1) is 21.6. The Morgan fingerprint density at radius 1 is 0.815 bits per heavy atom. The molecule has 2 aromatic rings. The molecule has 0 saturated heterocycles. The van der Waals surface area contributed by atoms with Crippen LogP contribution in [-0.2, 0) is 27.4 Å². The molecular weight excluding hydrogens is 358 g/mol. The third-order valence-electron chi connectivity index (χ3n) is 4.42. The predicted molar refractivity (Wildman–Crippen MR) is 111 cm³/mol. The summed E-state index contributed by atoms with van der Waals surface area (Å²) in [5.74, 6) is 0.115. The Morgan fingerprint density at radius 2 is 1.37 bits per heavy atom. The number of rotatable bonds is 13. The van der Waals surface area contributed by atoms with E-state index in [1.54, 1.807) is 0 Å². The van der Waals surface area contributed by atoms with Crippen LogP contribution in [0, 0.1) is 0 Å². The van der Waals surface area contributed by atoms with Gasteiger partial charge in [-0.2, -0.15) is 8.42 Å². The maximum Gasteiger partial charge on any atom is 0.267 e. The highest BCUT2D eigenvalue weighted by molar-refractivity contribution is 7.86. The Hall–Kier alpha value is -1.69. The van der Waals surface area contributed by atoms with Crippen molar-refractivity contribution in [1.82, 2.24) is 4.90 Å². The van der Waals surface area contributed by atoms with Crippen molar-refractivity contribution < 1.29 is 12.6 Å². The Labute approximate surface area is 164 Å². The van der Waals surface area contributed by atoms with Crippen LogP contribution >= 0.6 is 0 Å². The second kappa shape index (κ2) is 11.9. The van der Waals surface area contributed by atoms with E-state index in [4.69, 9.17) is 4.18 Å². The van der Waals surface area contributed by atoms with Crippen LogP contribution in [0.1, 0.15) is 43.7 Å². The van der Waals surface area contributed by atoms with Gasteiger partial charge in [-0.25, -0.2) is 0 Å². The third-order valence-corrected chi connectivity index (χ3v) is 5.73. The zero-order valence-corrected chi connectivity index (χ0v) is 17.0. The van der Waals surface area contributed by atoms with Crippen LogP contribution in [0.15, 0.2) is 60.7 Å². The van der Waals surface area contributed by atoms with E-state index in [9.17, 15) is 8.42 Å². The van der Waals surface area contributed by atoms with E-state index >= 15 is 0 Å². The summed E-state index contributed by atoms with van der Waals surface area (Å²) in [7, 11) is -3.43. The second-order valence-electron chi connectivity index (χ2n) is 6.83. The van der Waals surface area contributed by atoms with Gasteiger partial charge in [0.25, 0.3) is 10.1 Å². The molecule has 0 aliphatic rings. The summed E-state index contributed by atoms with van der Waals surface area (Å²) in [5, 5.41) is 0. The molecule has 0 N–H and O–H groups in total. The molecule has 5 heteroatoms. The number of hydrogen-bond donors (Lipinski definition) is 0. The Kier molecular flexibility index (Phi) is 9.53. The van der Waals surface area contributed by atoms with Gasteiger partial charge in [0.15, 0.2) is 0 Å². The standard InChI is InChI=1S/C22H31NO3S/c1-2-3-4-11-18-27(24,25)26-17-16-23(19-21-12-7-5-8-13-21)20-22-14-9-6-10-15-22/h5-10,12-15H,2-4,11,16-20H2,1H3. The molecule has 0 bridgehead atoms. The Balaban J connectivity index is 1.87. The van der Waals surface area contributed by atoms with Gasteiger partial charge in [0, 0.05) is 19.6 Å². The van der Waals surface area contributed by atoms with Crippen LogP contribution in [0.5, 0.6) is 0 Å². The number of benzene rings is 2. The lowest BCUT2D eigenvalue weighted by Gasteiger charge is -2.22. The summed E-state index contributed by atoms with van der Waals surface area (Å²) in [5.41, 5.74) is 2.41. The molecule has 0 saturated carbocycles. The van der Waals surface area contributed by atoms with Gasteiger partial charge < -0.3 is 0 Å². The van der Waals surface area contributed by atoms with E-state index in [0.717, 1.165) is 32.4 Å². The molecule has 27 heavy (non-hydrogen) atoms. The lowest BCUT2D eigenvalue weighted by Crippen LogP contribution is -2.28. The number of unbranched alkanes of at least 4 members (excludes halogenated alkanes) is 3. The van der Waals surface area contributed by atoms with Crippen LogP contribution in [0.2, 0.25) is 0 Å². The van der Waals surface area contributed by atoms with Gasteiger partial charge in [-0.1, -0.05) is 86.8 Å². The van der Waals surface area contributed by atoms with Crippen LogP contribution in [-0.4, -0.2) is 32.2 Å². The normalized spacial score (nSPS) is 11.8. The Morgan fingerprint density at radius 3 is 1.89 bits per heavy atom. The second-order valence-corrected chi connectivity index (χ2v) is 8.59. The minimum absolute atomic E-state index is 0.115. The molecule has 2 rings (SSSR count). The molecule has 0 aliphatic carbocycles. The van der Waals surface area contributed by atoms with E-state index in [0.29, 0.717) is 13.0 Å². The average molecular weight is 390 g/mol. The average Bonchev–Trinajstić information content (AvgIpc) is 2.67. The van der Waals surface area contributed by atoms with Crippen molar-refractivity contribution in [3.8, 4) is 0 Å². The molecule has 4 nitrogen and oxygen atoms in total. The van der Waals surface area contributed by atoms with Crippen LogP contribution in [0.25, 0.3) is 0 Å². The fourth-order valence-corrected chi connectivity index (χ4v) is 3.96. The zero-order valence-electron chi connectivity index (χ0n) is 16.2. The van der Waals surface area contributed by atoms with Crippen LogP contribution < -0.4 is 0 Å². The van der Waals surface area contributed by atoms with Crippen molar-refractivity contribution in [2.75, 3.05) is 18.9 Å². The van der Waals surface area contributed by atoms with E-state index < -0.39 is 10.1 Å². The molecule has 2 aromatic carbocycles. The van der Waals surface area contributed by atoms with Gasteiger partial charge >= 0.3 is 0 Å². The first-order valence-corrected chi connectivity index (χ1v) is 11.3. The highest BCUT2D eigenvalue weighted by Crippen LogP contribution is 2.11. The zero-order chi connectivity index (χ0) is 19.4. The lowest BCUT2D eigenvalue weighted by atomic mass is 10.1. The van der Waals surface area contributed by atoms with Crippen LogP contribution in [0.3, 0.4) is 0 Å². The molecule has 148 valence electrons. The number of hydrogen-bond acceptors (Lipinski definition) is 4. The molecule has 0 aliphatic heterocycles. The van der Waals surface area contributed by atoms with Crippen molar-refractivity contribution in [3.05, 3.63) is 71.8 Å². The van der Waals surface area contributed by atoms with Gasteiger partial charge in [0.2, 0.25) is 0 Å². The maximum absolute atomic E-state index is 12.1.